The number of benzene rings is 1. The first-order valence-electron chi connectivity index (χ1n) is 11.7. The number of amides is 5. The quantitative estimate of drug-likeness (QED) is 0.730. The minimum absolute atomic E-state index is 0.0453. The second-order valence-corrected chi connectivity index (χ2v) is 9.72. The maximum absolute atomic E-state index is 13.4. The lowest BCUT2D eigenvalue weighted by Crippen LogP contribution is -2.56. The highest BCUT2D eigenvalue weighted by Crippen LogP contribution is 2.40. The van der Waals surface area contributed by atoms with E-state index in [1.807, 2.05) is 23.1 Å². The van der Waals surface area contributed by atoms with E-state index in [-0.39, 0.29) is 35.7 Å². The second kappa shape index (κ2) is 7.90. The monoisotopic (exact) mass is 438 g/mol. The molecule has 0 unspecified atom stereocenters. The van der Waals surface area contributed by atoms with Crippen molar-refractivity contribution in [3.63, 3.8) is 0 Å². The van der Waals surface area contributed by atoms with Crippen molar-refractivity contribution in [1.29, 1.82) is 0 Å². The Kier molecular flexibility index (Phi) is 5.18. The molecule has 1 saturated carbocycles. The zero-order valence-electron chi connectivity index (χ0n) is 18.5. The summed E-state index contributed by atoms with van der Waals surface area (Å²) in [6, 6.07) is 8.61. The van der Waals surface area contributed by atoms with Crippen LogP contribution in [-0.2, 0) is 9.59 Å². The molecule has 0 bridgehead atoms. The fourth-order valence-corrected chi connectivity index (χ4v) is 5.41. The van der Waals surface area contributed by atoms with Gasteiger partial charge in [0.25, 0.3) is 11.8 Å². The van der Waals surface area contributed by atoms with Crippen molar-refractivity contribution < 1.29 is 19.2 Å². The maximum Gasteiger partial charge on any atom is 0.325 e. The van der Waals surface area contributed by atoms with Gasteiger partial charge in [0, 0.05) is 43.7 Å². The molecule has 0 radical (unpaired) electrons. The highest BCUT2D eigenvalue weighted by molar-refractivity contribution is 6.07. The van der Waals surface area contributed by atoms with Crippen molar-refractivity contribution in [3.8, 4) is 0 Å². The Labute approximate surface area is 187 Å². The number of urea groups is 1. The summed E-state index contributed by atoms with van der Waals surface area (Å²) in [5.41, 5.74) is -0.283. The van der Waals surface area contributed by atoms with E-state index in [1.54, 1.807) is 17.0 Å². The Balaban J connectivity index is 1.19. The molecule has 0 aromatic heterocycles. The molecule has 1 N–H and O–H groups in total. The summed E-state index contributed by atoms with van der Waals surface area (Å²) in [7, 11) is 0. The topological polar surface area (TPSA) is 90.0 Å². The van der Waals surface area contributed by atoms with Crippen LogP contribution in [0.25, 0.3) is 0 Å². The van der Waals surface area contributed by atoms with E-state index < -0.39 is 5.54 Å². The number of nitrogens with one attached hydrogen (secondary N) is 1. The molecule has 5 rings (SSSR count). The van der Waals surface area contributed by atoms with E-state index >= 15 is 0 Å². The third-order valence-corrected chi connectivity index (χ3v) is 7.69. The van der Waals surface area contributed by atoms with Crippen molar-refractivity contribution in [3.05, 3.63) is 35.9 Å². The Morgan fingerprint density at radius 2 is 1.59 bits per heavy atom. The highest BCUT2D eigenvalue weighted by atomic mass is 16.2. The van der Waals surface area contributed by atoms with Gasteiger partial charge >= 0.3 is 6.03 Å². The Morgan fingerprint density at radius 3 is 2.19 bits per heavy atom. The molecule has 2 atom stereocenters. The van der Waals surface area contributed by atoms with E-state index in [9.17, 15) is 19.2 Å². The van der Waals surface area contributed by atoms with Crippen LogP contribution in [0.5, 0.6) is 0 Å². The number of imide groups is 1. The van der Waals surface area contributed by atoms with Gasteiger partial charge in [0.15, 0.2) is 0 Å². The predicted octanol–water partition coefficient (Wildman–Crippen LogP) is 1.86. The largest absolute Gasteiger partial charge is 0.342 e. The number of carbonyl (C=O) groups excluding carboxylic acids is 4. The van der Waals surface area contributed by atoms with Crippen LogP contribution in [-0.4, -0.2) is 76.2 Å². The number of nitrogens with zero attached hydrogens (tertiary/aromatic N) is 3. The number of carbonyl (C=O) groups is 4. The van der Waals surface area contributed by atoms with Gasteiger partial charge in [0.2, 0.25) is 5.91 Å². The maximum atomic E-state index is 13.4. The average molecular weight is 439 g/mol. The number of hydrogen-bond donors (Lipinski definition) is 1. The van der Waals surface area contributed by atoms with Crippen LogP contribution < -0.4 is 5.32 Å². The minimum atomic E-state index is -0.916. The lowest BCUT2D eigenvalue weighted by Gasteiger charge is -2.39. The molecule has 170 valence electrons. The molecule has 32 heavy (non-hydrogen) atoms. The molecule has 3 aliphatic heterocycles. The molecule has 5 amide bonds. The molecule has 1 aliphatic carbocycles. The van der Waals surface area contributed by atoms with Crippen molar-refractivity contribution in [1.82, 2.24) is 20.0 Å². The summed E-state index contributed by atoms with van der Waals surface area (Å²) in [5, 5.41) is 2.95. The van der Waals surface area contributed by atoms with E-state index in [0.717, 1.165) is 6.42 Å². The number of rotatable bonds is 3. The normalized spacial score (nSPS) is 27.6. The van der Waals surface area contributed by atoms with Crippen LogP contribution in [0.3, 0.4) is 0 Å². The van der Waals surface area contributed by atoms with Crippen LogP contribution in [0, 0.1) is 11.8 Å². The molecule has 1 aromatic rings. The van der Waals surface area contributed by atoms with Gasteiger partial charge in [-0.05, 0) is 50.2 Å². The lowest BCUT2D eigenvalue weighted by molar-refractivity contribution is -0.137. The minimum Gasteiger partial charge on any atom is -0.342 e. The molecule has 3 saturated heterocycles. The summed E-state index contributed by atoms with van der Waals surface area (Å²) in [6.45, 7) is 4.15. The van der Waals surface area contributed by atoms with Crippen molar-refractivity contribution in [2.75, 3.05) is 26.2 Å². The SMILES string of the molecule is C[C@H]1C[C@H]1C(=O)N1CCC(N2C(=O)NC3(CCN(C(=O)c4ccccc4)CC3)C2=O)CC1. The third-order valence-electron chi connectivity index (χ3n) is 7.69. The van der Waals surface area contributed by atoms with Crippen LogP contribution in [0.2, 0.25) is 0 Å². The van der Waals surface area contributed by atoms with Gasteiger partial charge in [0.1, 0.15) is 5.54 Å². The lowest BCUT2D eigenvalue weighted by atomic mass is 9.86. The first-order valence-corrected chi connectivity index (χ1v) is 11.7. The summed E-state index contributed by atoms with van der Waals surface area (Å²) in [6.07, 6.45) is 3.06. The van der Waals surface area contributed by atoms with Gasteiger partial charge in [-0.2, -0.15) is 0 Å². The average Bonchev–Trinajstić information content (AvgIpc) is 3.50. The summed E-state index contributed by atoms with van der Waals surface area (Å²) in [4.78, 5) is 56.4. The second-order valence-electron chi connectivity index (χ2n) is 9.72. The van der Waals surface area contributed by atoms with Crippen LogP contribution in [0.15, 0.2) is 30.3 Å². The summed E-state index contributed by atoms with van der Waals surface area (Å²) >= 11 is 0. The Morgan fingerprint density at radius 1 is 0.969 bits per heavy atom. The summed E-state index contributed by atoms with van der Waals surface area (Å²) < 4.78 is 0. The smallest absolute Gasteiger partial charge is 0.325 e. The predicted molar refractivity (Wildman–Crippen MR) is 117 cm³/mol. The number of piperidine rings is 2. The Bertz CT molecular complexity index is 933. The molecule has 3 heterocycles. The molecule has 1 aromatic carbocycles. The van der Waals surface area contributed by atoms with Gasteiger partial charge in [-0.1, -0.05) is 25.1 Å². The van der Waals surface area contributed by atoms with E-state index in [2.05, 4.69) is 12.2 Å². The first-order chi connectivity index (χ1) is 15.4. The van der Waals surface area contributed by atoms with E-state index in [4.69, 9.17) is 0 Å². The molecular formula is C24H30N4O4. The van der Waals surface area contributed by atoms with Crippen LogP contribution >= 0.6 is 0 Å². The van der Waals surface area contributed by atoms with Crippen LogP contribution in [0.1, 0.15) is 49.4 Å². The van der Waals surface area contributed by atoms with Crippen molar-refractivity contribution >= 4 is 23.8 Å². The molecule has 4 fully saturated rings. The molecule has 8 nitrogen and oxygen atoms in total. The molecule has 1 spiro atoms. The van der Waals surface area contributed by atoms with Gasteiger partial charge in [-0.15, -0.1) is 0 Å². The summed E-state index contributed by atoms with van der Waals surface area (Å²) in [5.74, 6) is 0.645. The van der Waals surface area contributed by atoms with Crippen LogP contribution in [0.4, 0.5) is 4.79 Å². The van der Waals surface area contributed by atoms with Gasteiger partial charge in [-0.25, -0.2) is 4.79 Å². The van der Waals surface area contributed by atoms with Gasteiger partial charge < -0.3 is 15.1 Å². The first kappa shape index (κ1) is 21.0. The molecule has 8 heteroatoms. The standard InChI is InChI=1S/C24H30N4O4/c1-16-15-19(16)21(30)26-11-7-18(8-12-26)28-22(31)24(25-23(28)32)9-13-27(14-10-24)20(29)17-5-3-2-4-6-17/h2-6,16,18-19H,7-15H2,1H3,(H,25,32)/t16-,19+/m0/s1. The number of hydrogen-bond acceptors (Lipinski definition) is 4. The van der Waals surface area contributed by atoms with Crippen molar-refractivity contribution in [2.24, 2.45) is 11.8 Å². The van der Waals surface area contributed by atoms with Gasteiger partial charge in [-0.3, -0.25) is 19.3 Å². The van der Waals surface area contributed by atoms with E-state index in [1.165, 1.54) is 4.90 Å². The van der Waals surface area contributed by atoms with Gasteiger partial charge in [0.05, 0.1) is 0 Å². The van der Waals surface area contributed by atoms with E-state index in [0.29, 0.717) is 63.3 Å². The zero-order valence-corrected chi connectivity index (χ0v) is 18.5. The fraction of sp³-hybridized carbons (Fsp3) is 0.583. The highest BCUT2D eigenvalue weighted by Gasteiger charge is 2.55. The fourth-order valence-electron chi connectivity index (χ4n) is 5.41. The third kappa shape index (κ3) is 3.55. The number of likely N-dealkylation sites (tertiary alicyclic amines) is 2. The zero-order chi connectivity index (χ0) is 22.5. The molecule has 4 aliphatic rings. The Hall–Kier alpha value is -2.90. The molecular weight excluding hydrogens is 408 g/mol. The van der Waals surface area contributed by atoms with Crippen molar-refractivity contribution in [2.45, 2.75) is 50.6 Å².